The number of hydrogen-bond acceptors (Lipinski definition) is 4. The zero-order chi connectivity index (χ0) is 18.3. The Bertz CT molecular complexity index is 849. The molecule has 0 radical (unpaired) electrons. The Balaban J connectivity index is 1.46. The molecule has 1 aromatic heterocycles. The molecule has 2 aliphatic heterocycles. The Morgan fingerprint density at radius 2 is 1.88 bits per heavy atom. The van der Waals surface area contributed by atoms with Crippen molar-refractivity contribution in [3.8, 4) is 0 Å². The van der Waals surface area contributed by atoms with Crippen molar-refractivity contribution >= 4 is 34.4 Å². The minimum Gasteiger partial charge on any atom is -0.449 e. The van der Waals surface area contributed by atoms with Gasteiger partial charge in [-0.1, -0.05) is 23.7 Å². The predicted molar refractivity (Wildman–Crippen MR) is 97.4 cm³/mol. The van der Waals surface area contributed by atoms with Gasteiger partial charge in [-0.2, -0.15) is 0 Å². The van der Waals surface area contributed by atoms with Crippen molar-refractivity contribution in [3.05, 3.63) is 34.5 Å². The van der Waals surface area contributed by atoms with E-state index < -0.39 is 0 Å². The lowest BCUT2D eigenvalue weighted by Crippen LogP contribution is -2.52. The fraction of sp³-hybridized carbons (Fsp3) is 0.474. The SMILES string of the molecule is Cc1c(C(=O)N2CCN(C(=O)C3CCCO3)CC2)oc2c(Cl)cccc12. The lowest BCUT2D eigenvalue weighted by molar-refractivity contribution is -0.142. The molecule has 0 aliphatic carbocycles. The van der Waals surface area contributed by atoms with Crippen molar-refractivity contribution in [2.24, 2.45) is 0 Å². The summed E-state index contributed by atoms with van der Waals surface area (Å²) < 4.78 is 11.2. The minimum atomic E-state index is -0.308. The molecule has 2 aromatic rings. The van der Waals surface area contributed by atoms with Gasteiger partial charge < -0.3 is 19.0 Å². The number of fused-ring (bicyclic) bond motifs is 1. The van der Waals surface area contributed by atoms with Crippen LogP contribution in [0.3, 0.4) is 0 Å². The summed E-state index contributed by atoms with van der Waals surface area (Å²) in [5.41, 5.74) is 1.34. The number of benzene rings is 1. The smallest absolute Gasteiger partial charge is 0.290 e. The molecule has 3 heterocycles. The van der Waals surface area contributed by atoms with Crippen LogP contribution >= 0.6 is 11.6 Å². The molecule has 2 saturated heterocycles. The normalized spacial score (nSPS) is 20.8. The van der Waals surface area contributed by atoms with Crippen LogP contribution in [0, 0.1) is 6.92 Å². The van der Waals surface area contributed by atoms with Crippen molar-refractivity contribution in [1.29, 1.82) is 0 Å². The van der Waals surface area contributed by atoms with E-state index in [-0.39, 0.29) is 17.9 Å². The fourth-order valence-electron chi connectivity index (χ4n) is 3.66. The number of carbonyl (C=O) groups excluding carboxylic acids is 2. The van der Waals surface area contributed by atoms with Crippen molar-refractivity contribution in [1.82, 2.24) is 9.80 Å². The van der Waals surface area contributed by atoms with Gasteiger partial charge in [-0.15, -0.1) is 0 Å². The standard InChI is InChI=1S/C19H21ClN2O4/c1-12-13-4-2-5-14(20)17(13)26-16(12)19(24)22-9-7-21(8-10-22)18(23)15-6-3-11-25-15/h2,4-5,15H,3,6-11H2,1H3. The zero-order valence-corrected chi connectivity index (χ0v) is 15.4. The van der Waals surface area contributed by atoms with E-state index in [2.05, 4.69) is 0 Å². The lowest BCUT2D eigenvalue weighted by Gasteiger charge is -2.35. The molecule has 4 rings (SSSR count). The van der Waals surface area contributed by atoms with Crippen LogP contribution in [0.15, 0.2) is 22.6 Å². The highest BCUT2D eigenvalue weighted by Gasteiger charge is 2.32. The van der Waals surface area contributed by atoms with E-state index in [0.29, 0.717) is 49.2 Å². The molecular weight excluding hydrogens is 356 g/mol. The molecule has 0 bridgehead atoms. The second-order valence-corrected chi connectivity index (χ2v) is 7.20. The summed E-state index contributed by atoms with van der Waals surface area (Å²) in [7, 11) is 0. The van der Waals surface area contributed by atoms with Crippen LogP contribution in [0.1, 0.15) is 29.0 Å². The predicted octanol–water partition coefficient (Wildman–Crippen LogP) is 2.86. The number of rotatable bonds is 2. The van der Waals surface area contributed by atoms with E-state index in [9.17, 15) is 9.59 Å². The van der Waals surface area contributed by atoms with Crippen LogP contribution in [0.2, 0.25) is 5.02 Å². The average molecular weight is 377 g/mol. The lowest BCUT2D eigenvalue weighted by atomic mass is 10.1. The number of hydrogen-bond donors (Lipinski definition) is 0. The van der Waals surface area contributed by atoms with Crippen LogP contribution < -0.4 is 0 Å². The summed E-state index contributed by atoms with van der Waals surface area (Å²) >= 11 is 6.17. The molecular formula is C19H21ClN2O4. The average Bonchev–Trinajstić information content (AvgIpc) is 3.30. The number of furan rings is 1. The fourth-order valence-corrected chi connectivity index (χ4v) is 3.88. The van der Waals surface area contributed by atoms with Gasteiger partial charge in [0.2, 0.25) is 0 Å². The second-order valence-electron chi connectivity index (χ2n) is 6.79. The van der Waals surface area contributed by atoms with Crippen molar-refractivity contribution in [3.63, 3.8) is 0 Å². The molecule has 1 aromatic carbocycles. The quantitative estimate of drug-likeness (QED) is 0.808. The highest BCUT2D eigenvalue weighted by molar-refractivity contribution is 6.35. The molecule has 2 aliphatic rings. The number of carbonyl (C=O) groups is 2. The maximum atomic E-state index is 12.9. The molecule has 0 spiro atoms. The van der Waals surface area contributed by atoms with E-state index in [4.69, 9.17) is 20.8 Å². The molecule has 1 unspecified atom stereocenters. The molecule has 0 saturated carbocycles. The van der Waals surface area contributed by atoms with Gasteiger partial charge in [0, 0.05) is 43.7 Å². The number of halogens is 1. The largest absolute Gasteiger partial charge is 0.449 e. The van der Waals surface area contributed by atoms with Crippen molar-refractivity contribution in [2.45, 2.75) is 25.9 Å². The maximum absolute atomic E-state index is 12.9. The van der Waals surface area contributed by atoms with Crippen LogP contribution in [0.4, 0.5) is 0 Å². The van der Waals surface area contributed by atoms with Crippen LogP contribution in [0.25, 0.3) is 11.0 Å². The summed E-state index contributed by atoms with van der Waals surface area (Å²) in [5.74, 6) is 0.215. The Morgan fingerprint density at radius 3 is 2.54 bits per heavy atom. The number of aryl methyl sites for hydroxylation is 1. The van der Waals surface area contributed by atoms with Gasteiger partial charge in [-0.05, 0) is 25.8 Å². The van der Waals surface area contributed by atoms with E-state index in [1.54, 1.807) is 15.9 Å². The maximum Gasteiger partial charge on any atom is 0.290 e. The molecule has 7 heteroatoms. The monoisotopic (exact) mass is 376 g/mol. The molecule has 1 atom stereocenters. The van der Waals surface area contributed by atoms with E-state index in [0.717, 1.165) is 23.8 Å². The van der Waals surface area contributed by atoms with E-state index in [1.807, 2.05) is 19.1 Å². The van der Waals surface area contributed by atoms with E-state index in [1.165, 1.54) is 0 Å². The second kappa shape index (κ2) is 6.93. The summed E-state index contributed by atoms with van der Waals surface area (Å²) in [5, 5.41) is 1.35. The van der Waals surface area contributed by atoms with Gasteiger partial charge >= 0.3 is 0 Å². The number of ether oxygens (including phenoxy) is 1. The van der Waals surface area contributed by atoms with Gasteiger partial charge in [0.25, 0.3) is 11.8 Å². The molecule has 6 nitrogen and oxygen atoms in total. The first kappa shape index (κ1) is 17.4. The van der Waals surface area contributed by atoms with Gasteiger partial charge in [-0.25, -0.2) is 0 Å². The van der Waals surface area contributed by atoms with Gasteiger partial charge in [0.15, 0.2) is 11.3 Å². The first-order chi connectivity index (χ1) is 12.6. The third kappa shape index (κ3) is 2.97. The Morgan fingerprint density at radius 1 is 1.15 bits per heavy atom. The van der Waals surface area contributed by atoms with Gasteiger partial charge in [0.1, 0.15) is 6.10 Å². The Labute approximate surface area is 156 Å². The summed E-state index contributed by atoms with van der Waals surface area (Å²) in [6.07, 6.45) is 1.41. The molecule has 26 heavy (non-hydrogen) atoms. The number of nitrogens with zero attached hydrogens (tertiary/aromatic N) is 2. The topological polar surface area (TPSA) is 63.0 Å². The summed E-state index contributed by atoms with van der Waals surface area (Å²) in [6, 6.07) is 5.49. The van der Waals surface area contributed by atoms with Crippen molar-refractivity contribution < 1.29 is 18.7 Å². The van der Waals surface area contributed by atoms with Gasteiger partial charge in [0.05, 0.1) is 5.02 Å². The number of para-hydroxylation sites is 1. The van der Waals surface area contributed by atoms with Crippen LogP contribution in [-0.2, 0) is 9.53 Å². The molecule has 2 amide bonds. The van der Waals surface area contributed by atoms with Crippen LogP contribution in [-0.4, -0.2) is 60.5 Å². The number of piperazine rings is 1. The summed E-state index contributed by atoms with van der Waals surface area (Å²) in [6.45, 7) is 4.54. The zero-order valence-electron chi connectivity index (χ0n) is 14.7. The number of amides is 2. The third-order valence-corrected chi connectivity index (χ3v) is 5.49. The first-order valence-corrected chi connectivity index (χ1v) is 9.31. The molecule has 0 N–H and O–H groups in total. The highest BCUT2D eigenvalue weighted by Crippen LogP contribution is 2.31. The Hall–Kier alpha value is -2.05. The third-order valence-electron chi connectivity index (χ3n) is 5.19. The molecule has 138 valence electrons. The minimum absolute atomic E-state index is 0.0429. The summed E-state index contributed by atoms with van der Waals surface area (Å²) in [4.78, 5) is 28.8. The first-order valence-electron chi connectivity index (χ1n) is 8.93. The highest BCUT2D eigenvalue weighted by atomic mass is 35.5. The van der Waals surface area contributed by atoms with Gasteiger partial charge in [-0.3, -0.25) is 9.59 Å². The Kier molecular flexibility index (Phi) is 4.63. The van der Waals surface area contributed by atoms with E-state index >= 15 is 0 Å². The van der Waals surface area contributed by atoms with Crippen molar-refractivity contribution in [2.75, 3.05) is 32.8 Å². The molecule has 2 fully saturated rings. The van der Waals surface area contributed by atoms with Crippen LogP contribution in [0.5, 0.6) is 0 Å².